The predicted molar refractivity (Wildman–Crippen MR) is 105 cm³/mol. The maximum Gasteiger partial charge on any atom is 0.166 e. The van der Waals surface area contributed by atoms with Gasteiger partial charge in [0.15, 0.2) is 11.5 Å². The van der Waals surface area contributed by atoms with Gasteiger partial charge in [0.2, 0.25) is 0 Å². The molecule has 0 aliphatic carbocycles. The Balaban J connectivity index is 1.73. The first kappa shape index (κ1) is 17.0. The highest BCUT2D eigenvalue weighted by Gasteiger charge is 2.20. The molecule has 6 heteroatoms. The molecule has 26 heavy (non-hydrogen) atoms. The van der Waals surface area contributed by atoms with Crippen molar-refractivity contribution in [2.75, 3.05) is 18.5 Å². The molecule has 1 aromatic carbocycles. The summed E-state index contributed by atoms with van der Waals surface area (Å²) in [6.45, 7) is 6.28. The average molecular weight is 372 g/mol. The molecule has 1 N–H and O–H groups in total. The zero-order valence-electron chi connectivity index (χ0n) is 15.0. The molecule has 0 radical (unpaired) electrons. The highest BCUT2D eigenvalue weighted by molar-refractivity contribution is 6.34. The fourth-order valence-corrected chi connectivity index (χ4v) is 3.62. The number of aryl methyl sites for hydroxylation is 1. The maximum atomic E-state index is 6.51. The highest BCUT2D eigenvalue weighted by atomic mass is 35.5. The summed E-state index contributed by atoms with van der Waals surface area (Å²) in [4.78, 5) is 4.53. The third kappa shape index (κ3) is 2.97. The normalized spacial score (nSPS) is 13.2. The summed E-state index contributed by atoms with van der Waals surface area (Å²) < 4.78 is 13.7. The van der Waals surface area contributed by atoms with Crippen LogP contribution in [0, 0.1) is 6.92 Å². The number of fused-ring (bicyclic) bond motifs is 2. The molecule has 0 saturated carbocycles. The van der Waals surface area contributed by atoms with Crippen molar-refractivity contribution in [3.05, 3.63) is 41.2 Å². The third-order valence-corrected chi connectivity index (χ3v) is 5.02. The first-order valence-corrected chi connectivity index (χ1v) is 9.36. The van der Waals surface area contributed by atoms with Crippen LogP contribution in [0.1, 0.15) is 25.3 Å². The largest absolute Gasteiger partial charge is 0.486 e. The first-order chi connectivity index (χ1) is 12.7. The van der Waals surface area contributed by atoms with Crippen LogP contribution in [0.15, 0.2) is 30.6 Å². The summed E-state index contributed by atoms with van der Waals surface area (Å²) in [6.07, 6.45) is 6.27. The van der Waals surface area contributed by atoms with Crippen LogP contribution < -0.4 is 14.8 Å². The monoisotopic (exact) mass is 371 g/mol. The molecule has 5 nitrogen and oxygen atoms in total. The number of aromatic nitrogens is 2. The van der Waals surface area contributed by atoms with Gasteiger partial charge in [-0.15, -0.1) is 0 Å². The SMILES string of the molecule is CCCCn1ccc2c(Nc3c(Cl)cc4c(c3C)OCCO4)nccc21. The molecule has 0 spiro atoms. The lowest BCUT2D eigenvalue weighted by Crippen LogP contribution is -2.16. The molecule has 1 aliphatic rings. The molecular formula is C20H22ClN3O2. The summed E-state index contributed by atoms with van der Waals surface area (Å²) >= 11 is 6.51. The fraction of sp³-hybridized carbons (Fsp3) is 0.350. The second kappa shape index (κ2) is 7.08. The molecule has 2 aromatic heterocycles. The van der Waals surface area contributed by atoms with E-state index in [1.54, 1.807) is 6.07 Å². The molecule has 0 saturated heterocycles. The van der Waals surface area contributed by atoms with Gasteiger partial charge in [-0.25, -0.2) is 4.98 Å². The van der Waals surface area contributed by atoms with Gasteiger partial charge in [-0.2, -0.15) is 0 Å². The predicted octanol–water partition coefficient (Wildman–Crippen LogP) is 5.31. The van der Waals surface area contributed by atoms with Gasteiger partial charge in [0.1, 0.15) is 19.0 Å². The molecule has 0 amide bonds. The Kier molecular flexibility index (Phi) is 4.64. The van der Waals surface area contributed by atoms with Crippen molar-refractivity contribution >= 4 is 34.0 Å². The molecule has 0 bridgehead atoms. The lowest BCUT2D eigenvalue weighted by Gasteiger charge is -2.23. The van der Waals surface area contributed by atoms with Crippen LogP contribution in [0.2, 0.25) is 5.02 Å². The Morgan fingerprint density at radius 2 is 2.12 bits per heavy atom. The van der Waals surface area contributed by atoms with Gasteiger partial charge in [-0.05, 0) is 25.5 Å². The fourth-order valence-electron chi connectivity index (χ4n) is 3.33. The average Bonchev–Trinajstić information content (AvgIpc) is 3.07. The second-order valence-corrected chi connectivity index (χ2v) is 6.87. The maximum absolute atomic E-state index is 6.51. The van der Waals surface area contributed by atoms with Crippen LogP contribution in [0.3, 0.4) is 0 Å². The van der Waals surface area contributed by atoms with Crippen molar-refractivity contribution in [1.82, 2.24) is 9.55 Å². The third-order valence-electron chi connectivity index (χ3n) is 4.72. The zero-order valence-corrected chi connectivity index (χ0v) is 15.8. The summed E-state index contributed by atoms with van der Waals surface area (Å²) in [7, 11) is 0. The van der Waals surface area contributed by atoms with E-state index >= 15 is 0 Å². The van der Waals surface area contributed by atoms with Crippen molar-refractivity contribution < 1.29 is 9.47 Å². The van der Waals surface area contributed by atoms with Crippen LogP contribution in [0.4, 0.5) is 11.5 Å². The molecule has 1 aliphatic heterocycles. The molecule has 0 atom stereocenters. The van der Waals surface area contributed by atoms with Gasteiger partial charge in [-0.1, -0.05) is 24.9 Å². The molecule has 0 fully saturated rings. The molecule has 4 rings (SSSR count). The minimum absolute atomic E-state index is 0.543. The number of halogens is 1. The Bertz CT molecular complexity index is 952. The lowest BCUT2D eigenvalue weighted by molar-refractivity contribution is 0.170. The number of unbranched alkanes of at least 4 members (excludes halogenated alkanes) is 1. The van der Waals surface area contributed by atoms with E-state index in [4.69, 9.17) is 21.1 Å². The first-order valence-electron chi connectivity index (χ1n) is 8.98. The van der Waals surface area contributed by atoms with Crippen molar-refractivity contribution in [3.8, 4) is 11.5 Å². The quantitative estimate of drug-likeness (QED) is 0.660. The number of hydrogen-bond acceptors (Lipinski definition) is 4. The summed E-state index contributed by atoms with van der Waals surface area (Å²) in [6, 6.07) is 5.95. The number of ether oxygens (including phenoxy) is 2. The highest BCUT2D eigenvalue weighted by Crippen LogP contribution is 2.43. The van der Waals surface area contributed by atoms with Gasteiger partial charge in [-0.3, -0.25) is 0 Å². The number of nitrogens with zero attached hydrogens (tertiary/aromatic N) is 2. The van der Waals surface area contributed by atoms with Crippen LogP contribution in [0.5, 0.6) is 11.5 Å². The van der Waals surface area contributed by atoms with Gasteiger partial charge in [0.05, 0.1) is 16.2 Å². The molecule has 0 unspecified atom stereocenters. The smallest absolute Gasteiger partial charge is 0.166 e. The molecule has 136 valence electrons. The van der Waals surface area contributed by atoms with E-state index in [0.29, 0.717) is 24.0 Å². The number of nitrogens with one attached hydrogen (secondary N) is 1. The van der Waals surface area contributed by atoms with Gasteiger partial charge in [0.25, 0.3) is 0 Å². The van der Waals surface area contributed by atoms with E-state index < -0.39 is 0 Å². The summed E-state index contributed by atoms with van der Waals surface area (Å²) in [5.41, 5.74) is 2.90. The van der Waals surface area contributed by atoms with Gasteiger partial charge < -0.3 is 19.4 Å². The Morgan fingerprint density at radius 3 is 2.96 bits per heavy atom. The topological polar surface area (TPSA) is 48.3 Å². The van der Waals surface area contributed by atoms with Gasteiger partial charge >= 0.3 is 0 Å². The number of anilines is 2. The number of hydrogen-bond donors (Lipinski definition) is 1. The van der Waals surface area contributed by atoms with Crippen LogP contribution in [-0.4, -0.2) is 22.8 Å². The van der Waals surface area contributed by atoms with Crippen molar-refractivity contribution in [2.24, 2.45) is 0 Å². The van der Waals surface area contributed by atoms with Crippen molar-refractivity contribution in [3.63, 3.8) is 0 Å². The van der Waals surface area contributed by atoms with E-state index in [1.165, 1.54) is 11.9 Å². The number of benzene rings is 1. The minimum Gasteiger partial charge on any atom is -0.486 e. The summed E-state index contributed by atoms with van der Waals surface area (Å²) in [5.74, 6) is 2.23. The molecule has 3 aromatic rings. The van der Waals surface area contributed by atoms with Crippen LogP contribution >= 0.6 is 11.6 Å². The number of rotatable bonds is 5. The molecule has 3 heterocycles. The molecular weight excluding hydrogens is 350 g/mol. The minimum atomic E-state index is 0.543. The zero-order chi connectivity index (χ0) is 18.1. The van der Waals surface area contributed by atoms with Crippen LogP contribution in [-0.2, 0) is 6.54 Å². The summed E-state index contributed by atoms with van der Waals surface area (Å²) in [5, 5.41) is 5.08. The standard InChI is InChI=1S/C20H22ClN3O2/c1-3-4-8-24-9-6-14-16(24)5-7-22-20(14)23-18-13(2)19-17(12-15(18)21)25-10-11-26-19/h5-7,9,12H,3-4,8,10-11H2,1-2H3,(H,22,23). The Hall–Kier alpha value is -2.40. The van der Waals surface area contributed by atoms with E-state index in [-0.39, 0.29) is 0 Å². The Morgan fingerprint density at radius 1 is 1.27 bits per heavy atom. The van der Waals surface area contributed by atoms with Crippen molar-refractivity contribution in [2.45, 2.75) is 33.2 Å². The van der Waals surface area contributed by atoms with E-state index in [1.807, 2.05) is 13.1 Å². The van der Waals surface area contributed by atoms with E-state index in [0.717, 1.165) is 41.2 Å². The van der Waals surface area contributed by atoms with E-state index in [9.17, 15) is 0 Å². The second-order valence-electron chi connectivity index (χ2n) is 6.46. The van der Waals surface area contributed by atoms with E-state index in [2.05, 4.69) is 40.1 Å². The van der Waals surface area contributed by atoms with Crippen LogP contribution in [0.25, 0.3) is 10.9 Å². The Labute approximate surface area is 157 Å². The van der Waals surface area contributed by atoms with Crippen molar-refractivity contribution in [1.29, 1.82) is 0 Å². The number of pyridine rings is 1. The lowest BCUT2D eigenvalue weighted by atomic mass is 10.1. The van der Waals surface area contributed by atoms with Gasteiger partial charge in [0, 0.05) is 36.0 Å².